The number of phosphoric ester groups is 1. The second-order valence-corrected chi connectivity index (χ2v) is 30.2. The van der Waals surface area contributed by atoms with Crippen LogP contribution in [0.15, 0.2) is 70.7 Å². The number of aliphatic hydroxyl groups excluding tert-OH is 10. The summed E-state index contributed by atoms with van der Waals surface area (Å²) in [6.07, 6.45) is -36.2. The van der Waals surface area contributed by atoms with Crippen molar-refractivity contribution in [1.82, 2.24) is 16.0 Å². The summed E-state index contributed by atoms with van der Waals surface area (Å²) < 4.78 is 88.5. The van der Waals surface area contributed by atoms with Crippen molar-refractivity contribution in [3.8, 4) is 0 Å². The maximum absolute atomic E-state index is 14.1. The van der Waals surface area contributed by atoms with E-state index in [0.717, 1.165) is 57.1 Å². The van der Waals surface area contributed by atoms with Gasteiger partial charge in [0.2, 0.25) is 11.8 Å². The molecule has 109 heavy (non-hydrogen) atoms. The van der Waals surface area contributed by atoms with Gasteiger partial charge in [0.1, 0.15) is 102 Å². The van der Waals surface area contributed by atoms with Crippen molar-refractivity contribution in [2.24, 2.45) is 11.1 Å². The van der Waals surface area contributed by atoms with Crippen LogP contribution in [-0.2, 0) is 94.5 Å². The van der Waals surface area contributed by atoms with E-state index in [1.165, 1.54) is 18.1 Å². The standard InChI is InChI=1S/C69H107N4O35P/c1-30(2)15-14-17-31(3)18-19-33(5)22-25-68(9,10)24-13-12-16-32(4)23-26-96-41(60(88)89)29-98-109(94,95)108-66-56(57(107-67(70)92)69(11,93)58(106-66)61(90)91)105-63-44(72-36(8)76)47(81)54(40(101-63)28-97-64-51(85)48(82)45(79)39(27-74)100-64)103-62-43(71-35(7)75)46(80)53(34(6)99-62)102-65-52(86)49(83)50(84)55(104-65)59(87)73-42-37(77)20-21-38(42)78/h13,15,18,23-24,34,39-41,43-58,62-66,74,77,79-86,93H,5,12,14,16-17,19-22,25-29H2,1-4,6-11H3,(H2,70,92)(H,71,75)(H,72,76)(H,73,87)(H,88,89)(H,90,91)(H,94,95)/b24-13+,31-18+,32-23+/t34?,39-,40-,41-,43-,44-,45-,46-,47-,48+,49+,50-,51-,52-,53-,54-,55+,56-,57-,58-,62+,63+,64-,65-,66-,69+/m1/s1. The van der Waals surface area contributed by atoms with E-state index >= 15 is 0 Å². The third-order valence-corrected chi connectivity index (χ3v) is 19.8. The number of carboxylic acids is 2. The number of Topliss-reactive ketones (excluding diaryl/α,β-unsaturated/α-hetero) is 1. The number of ether oxygens (including phenoxy) is 11. The highest BCUT2D eigenvalue weighted by molar-refractivity contribution is 7.47. The van der Waals surface area contributed by atoms with Gasteiger partial charge in [0, 0.05) is 26.7 Å². The first-order valence-electron chi connectivity index (χ1n) is 35.3. The molecule has 0 aromatic heterocycles. The molecule has 0 radical (unpaired) electrons. The lowest BCUT2D eigenvalue weighted by atomic mass is 9.85. The van der Waals surface area contributed by atoms with E-state index in [4.69, 9.17) is 66.9 Å². The van der Waals surface area contributed by atoms with Crippen LogP contribution in [0.4, 0.5) is 4.79 Å². The van der Waals surface area contributed by atoms with E-state index < -0.39 is 240 Å². The van der Waals surface area contributed by atoms with Crippen LogP contribution in [0.5, 0.6) is 0 Å². The zero-order chi connectivity index (χ0) is 81.5. The first-order chi connectivity index (χ1) is 50.9. The van der Waals surface area contributed by atoms with Gasteiger partial charge in [-0.3, -0.25) is 28.2 Å². The van der Waals surface area contributed by atoms with Crippen molar-refractivity contribution < 1.29 is 171 Å². The van der Waals surface area contributed by atoms with E-state index in [1.807, 2.05) is 6.08 Å². The van der Waals surface area contributed by atoms with E-state index in [-0.39, 0.29) is 24.9 Å². The summed E-state index contributed by atoms with van der Waals surface area (Å²) in [5, 5.41) is 149. The molecule has 5 heterocycles. The summed E-state index contributed by atoms with van der Waals surface area (Å²) in [6.45, 7) is 16.6. The largest absolute Gasteiger partial charge is 0.510 e. The lowest BCUT2D eigenvalue weighted by Crippen LogP contribution is -2.72. The fourth-order valence-electron chi connectivity index (χ4n) is 12.6. The molecule has 4 amide bonds. The summed E-state index contributed by atoms with van der Waals surface area (Å²) in [4.78, 5) is 101. The Morgan fingerprint density at radius 2 is 1.29 bits per heavy atom. The molecule has 5 saturated heterocycles. The highest BCUT2D eigenvalue weighted by Crippen LogP contribution is 2.49. The van der Waals surface area contributed by atoms with Gasteiger partial charge in [-0.05, 0) is 91.9 Å². The molecule has 0 spiro atoms. The number of allylic oxidation sites excluding steroid dienone is 10. The molecule has 5 fully saturated rings. The molecular weight excluding hydrogens is 1480 g/mol. The molecular formula is C69H107N4O35P. The summed E-state index contributed by atoms with van der Waals surface area (Å²) in [6, 6.07) is -4.03. The van der Waals surface area contributed by atoms with Gasteiger partial charge in [-0.15, -0.1) is 0 Å². The second kappa shape index (κ2) is 40.5. The SMILES string of the molecule is C=C(C/C=C(\C)CCC=C(C)C)CCC(C)(C)/C=C/CC/C(C)=C/CO[C@H](COP(=O)(O)O[C@H]1O[C@H](C(=O)O)[C@@](C)(O)[C@H](OC(N)=O)[C@H]1O[C@@H]1O[C@H](CO[C@@H]2O[C@H](CO)[C@@H](O)[C@H](O)[C@H]2O)[C@@H](O[C@@H]2OC(C)[C@@H](O[C@@H]3O[C@H](C(=O)NC4=C(O)CCC4=O)[C@H](O)[C@H](O)[C@H]3O)[C@H](O)[C@H]2NC(C)=O)[C@H](O)[C@H]1NC(C)=O)C(=O)O. The normalized spacial score (nSPS) is 35.6. The molecule has 0 bridgehead atoms. The predicted molar refractivity (Wildman–Crippen MR) is 370 cm³/mol. The van der Waals surface area contributed by atoms with Crippen LogP contribution < -0.4 is 21.7 Å². The maximum atomic E-state index is 14.1. The van der Waals surface area contributed by atoms with Crippen LogP contribution in [0.2, 0.25) is 0 Å². The molecule has 19 N–H and O–H groups in total. The van der Waals surface area contributed by atoms with Crippen LogP contribution in [0.1, 0.15) is 127 Å². The number of aliphatic hydroxyl groups is 11. The smallest absolute Gasteiger partial charge is 0.474 e. The molecule has 40 heteroatoms. The average molecular weight is 1580 g/mol. The number of rotatable bonds is 37. The number of aliphatic carboxylic acids is 2. The zero-order valence-corrected chi connectivity index (χ0v) is 63.0. The van der Waals surface area contributed by atoms with Gasteiger partial charge in [0.05, 0.1) is 32.5 Å². The third kappa shape index (κ3) is 25.4. The molecule has 618 valence electrons. The van der Waals surface area contributed by atoms with E-state index in [1.54, 1.807) is 13.0 Å². The molecule has 39 nitrogen and oxygen atoms in total. The minimum absolute atomic E-state index is 0.131. The van der Waals surface area contributed by atoms with Crippen molar-refractivity contribution >= 4 is 49.4 Å². The molecule has 27 atom stereocenters. The quantitative estimate of drug-likeness (QED) is 0.0250. The molecule has 1 aliphatic carbocycles. The Morgan fingerprint density at radius 3 is 1.88 bits per heavy atom. The highest BCUT2D eigenvalue weighted by atomic mass is 31.2. The second-order valence-electron chi connectivity index (χ2n) is 28.8. The van der Waals surface area contributed by atoms with Gasteiger partial charge in [0.25, 0.3) is 5.91 Å². The molecule has 5 aliphatic heterocycles. The fourth-order valence-corrected chi connectivity index (χ4v) is 13.4. The topological polar surface area (TPSA) is 602 Å². The zero-order valence-electron chi connectivity index (χ0n) is 62.1. The number of carboxylic acid groups (broad SMARTS) is 2. The first-order valence-corrected chi connectivity index (χ1v) is 36.8. The van der Waals surface area contributed by atoms with Crippen molar-refractivity contribution in [2.75, 3.05) is 26.4 Å². The lowest BCUT2D eigenvalue weighted by molar-refractivity contribution is -0.375. The average Bonchev–Trinajstić information content (AvgIpc) is 1.80. The monoisotopic (exact) mass is 1580 g/mol. The van der Waals surface area contributed by atoms with Crippen LogP contribution in [-0.4, -0.2) is 298 Å². The first kappa shape index (κ1) is 91.7. The van der Waals surface area contributed by atoms with E-state index in [9.17, 15) is 109 Å². The van der Waals surface area contributed by atoms with Crippen LogP contribution >= 0.6 is 7.82 Å². The van der Waals surface area contributed by atoms with Crippen LogP contribution in [0.25, 0.3) is 0 Å². The highest BCUT2D eigenvalue weighted by Gasteiger charge is 2.63. The van der Waals surface area contributed by atoms with E-state index in [0.29, 0.717) is 19.8 Å². The Labute approximate surface area is 628 Å². The Hall–Kier alpha value is -6.16. The number of carbonyl (C=O) groups excluding carboxylic acids is 5. The van der Waals surface area contributed by atoms with Crippen molar-refractivity contribution in [3.05, 3.63) is 70.7 Å². The molecule has 6 aliphatic rings. The number of hydrogen-bond donors (Lipinski definition) is 18. The fraction of sp³-hybridized carbons (Fsp3) is 0.725. The number of hydrogen-bond acceptors (Lipinski definition) is 32. The Morgan fingerprint density at radius 1 is 0.716 bits per heavy atom. The molecule has 6 rings (SSSR count). The van der Waals surface area contributed by atoms with Gasteiger partial charge in [0.15, 0.2) is 67.8 Å². The predicted octanol–water partition coefficient (Wildman–Crippen LogP) is -1.43. The number of carbonyl (C=O) groups is 7. The Balaban J connectivity index is 1.25. The number of ketones is 1. The number of nitrogens with one attached hydrogen (secondary N) is 3. The van der Waals surface area contributed by atoms with Gasteiger partial charge in [-0.2, -0.15) is 0 Å². The van der Waals surface area contributed by atoms with E-state index in [2.05, 4.69) is 75.4 Å². The minimum atomic E-state index is -5.89. The molecule has 0 saturated carbocycles. The number of primary amides is 1. The van der Waals surface area contributed by atoms with Crippen molar-refractivity contribution in [3.63, 3.8) is 0 Å². The lowest BCUT2D eigenvalue weighted by Gasteiger charge is -2.51. The Kier molecular flexibility index (Phi) is 34.1. The van der Waals surface area contributed by atoms with Crippen LogP contribution in [0.3, 0.4) is 0 Å². The number of nitrogens with two attached hydrogens (primary N) is 1. The summed E-state index contributed by atoms with van der Waals surface area (Å²) >= 11 is 0. The molecule has 2 unspecified atom stereocenters. The van der Waals surface area contributed by atoms with Gasteiger partial charge in [-0.1, -0.05) is 73.1 Å². The number of amides is 4. The summed E-state index contributed by atoms with van der Waals surface area (Å²) in [5.41, 5.74) is 6.20. The minimum Gasteiger partial charge on any atom is -0.510 e. The van der Waals surface area contributed by atoms with Crippen LogP contribution in [0, 0.1) is 5.41 Å². The van der Waals surface area contributed by atoms with Gasteiger partial charge >= 0.3 is 25.9 Å². The summed E-state index contributed by atoms with van der Waals surface area (Å²) in [7, 11) is -5.89. The van der Waals surface area contributed by atoms with Gasteiger partial charge in [-0.25, -0.2) is 18.9 Å². The Bertz CT molecular complexity index is 3360. The molecule has 0 aromatic carbocycles. The van der Waals surface area contributed by atoms with Crippen molar-refractivity contribution in [2.45, 2.75) is 286 Å². The van der Waals surface area contributed by atoms with Crippen molar-refractivity contribution in [1.29, 1.82) is 0 Å². The van der Waals surface area contributed by atoms with Gasteiger partial charge < -0.3 is 145 Å². The molecule has 0 aromatic rings. The third-order valence-electron chi connectivity index (χ3n) is 18.9. The number of phosphoric acid groups is 1. The maximum Gasteiger partial charge on any atom is 0.474 e. The summed E-state index contributed by atoms with van der Waals surface area (Å²) in [5.74, 6) is -8.21.